The van der Waals surface area contributed by atoms with E-state index in [0.717, 1.165) is 16.6 Å². The summed E-state index contributed by atoms with van der Waals surface area (Å²) in [7, 11) is 1.77. The number of imidazole rings is 2. The van der Waals surface area contributed by atoms with Crippen LogP contribution in [0.3, 0.4) is 0 Å². The van der Waals surface area contributed by atoms with Crippen molar-refractivity contribution in [2.75, 3.05) is 0 Å². The van der Waals surface area contributed by atoms with Gasteiger partial charge in [0.1, 0.15) is 5.82 Å². The van der Waals surface area contributed by atoms with Gasteiger partial charge in [-0.3, -0.25) is 13.7 Å². The molecule has 4 aromatic rings. The third-order valence-electron chi connectivity index (χ3n) is 5.71. The molecule has 29 heavy (non-hydrogen) atoms. The fourth-order valence-electron chi connectivity index (χ4n) is 4.25. The SMILES string of the molecule is Cc1c(F)ccc2[nH]c(=O)n(C(C)Cc3ccc4c(c3)n(C)c(=O)n4C(C)C)c12. The van der Waals surface area contributed by atoms with Gasteiger partial charge in [-0.25, -0.2) is 14.0 Å². The van der Waals surface area contributed by atoms with Crippen molar-refractivity contribution in [1.29, 1.82) is 0 Å². The average molecular weight is 396 g/mol. The molecular formula is C22H25FN4O2. The number of rotatable bonds is 4. The molecule has 0 saturated carbocycles. The molecule has 2 heterocycles. The van der Waals surface area contributed by atoms with Crippen molar-refractivity contribution in [2.45, 2.75) is 46.2 Å². The summed E-state index contributed by atoms with van der Waals surface area (Å²) in [5, 5.41) is 0. The van der Waals surface area contributed by atoms with Crippen molar-refractivity contribution < 1.29 is 4.39 Å². The highest BCUT2D eigenvalue weighted by atomic mass is 19.1. The average Bonchev–Trinajstić information content (AvgIpc) is 3.13. The van der Waals surface area contributed by atoms with Gasteiger partial charge in [0.15, 0.2) is 0 Å². The molecule has 0 aliphatic carbocycles. The van der Waals surface area contributed by atoms with Crippen LogP contribution < -0.4 is 11.4 Å². The van der Waals surface area contributed by atoms with Crippen LogP contribution in [0.4, 0.5) is 4.39 Å². The Morgan fingerprint density at radius 3 is 2.45 bits per heavy atom. The van der Waals surface area contributed by atoms with Crippen LogP contribution in [0.15, 0.2) is 39.9 Å². The summed E-state index contributed by atoms with van der Waals surface area (Å²) in [5.41, 5.74) is 4.17. The van der Waals surface area contributed by atoms with Crippen LogP contribution in [-0.4, -0.2) is 18.7 Å². The summed E-state index contributed by atoms with van der Waals surface area (Å²) in [5.74, 6) is -0.330. The van der Waals surface area contributed by atoms with Crippen LogP contribution in [-0.2, 0) is 13.5 Å². The molecule has 0 fully saturated rings. The lowest BCUT2D eigenvalue weighted by atomic mass is 10.1. The van der Waals surface area contributed by atoms with Gasteiger partial charge in [0.2, 0.25) is 0 Å². The second kappa shape index (κ2) is 6.76. The lowest BCUT2D eigenvalue weighted by Crippen LogP contribution is -2.23. The minimum Gasteiger partial charge on any atom is -0.306 e. The predicted molar refractivity (Wildman–Crippen MR) is 113 cm³/mol. The maximum Gasteiger partial charge on any atom is 0.329 e. The van der Waals surface area contributed by atoms with Gasteiger partial charge in [0.25, 0.3) is 0 Å². The quantitative estimate of drug-likeness (QED) is 0.570. The molecule has 152 valence electrons. The second-order valence-corrected chi connectivity index (χ2v) is 8.05. The van der Waals surface area contributed by atoms with Crippen molar-refractivity contribution in [3.63, 3.8) is 0 Å². The molecular weight excluding hydrogens is 371 g/mol. The molecule has 1 unspecified atom stereocenters. The van der Waals surface area contributed by atoms with E-state index in [1.54, 1.807) is 33.7 Å². The van der Waals surface area contributed by atoms with E-state index in [-0.39, 0.29) is 29.3 Å². The van der Waals surface area contributed by atoms with Crippen molar-refractivity contribution in [1.82, 2.24) is 18.7 Å². The number of halogens is 1. The highest BCUT2D eigenvalue weighted by Gasteiger charge is 2.18. The third kappa shape index (κ3) is 2.92. The van der Waals surface area contributed by atoms with Crippen LogP contribution >= 0.6 is 0 Å². The predicted octanol–water partition coefficient (Wildman–Crippen LogP) is 3.82. The number of nitrogens with one attached hydrogen (secondary N) is 1. The van der Waals surface area contributed by atoms with E-state index in [9.17, 15) is 14.0 Å². The molecule has 0 bridgehead atoms. The molecule has 0 saturated heterocycles. The highest BCUT2D eigenvalue weighted by Crippen LogP contribution is 2.25. The van der Waals surface area contributed by atoms with Gasteiger partial charge in [-0.15, -0.1) is 0 Å². The Kier molecular flexibility index (Phi) is 4.48. The fraction of sp³-hybridized carbons (Fsp3) is 0.364. The Hall–Kier alpha value is -3.09. The largest absolute Gasteiger partial charge is 0.329 e. The molecule has 0 radical (unpaired) electrons. The Bertz CT molecular complexity index is 1350. The number of aryl methyl sites for hydroxylation is 2. The summed E-state index contributed by atoms with van der Waals surface area (Å²) in [6, 6.07) is 8.80. The van der Waals surface area contributed by atoms with Gasteiger partial charge in [-0.05, 0) is 63.9 Å². The van der Waals surface area contributed by atoms with E-state index in [1.165, 1.54) is 6.07 Å². The first kappa shape index (κ1) is 19.2. The zero-order valence-corrected chi connectivity index (χ0v) is 17.3. The van der Waals surface area contributed by atoms with Crippen LogP contribution in [0.5, 0.6) is 0 Å². The van der Waals surface area contributed by atoms with Crippen molar-refractivity contribution >= 4 is 22.1 Å². The summed E-state index contributed by atoms with van der Waals surface area (Å²) >= 11 is 0. The van der Waals surface area contributed by atoms with Gasteiger partial charge < -0.3 is 4.98 Å². The number of hydrogen-bond donors (Lipinski definition) is 1. The Balaban J connectivity index is 1.78. The zero-order chi connectivity index (χ0) is 21.0. The fourth-order valence-corrected chi connectivity index (χ4v) is 4.25. The smallest absolute Gasteiger partial charge is 0.306 e. The first-order valence-corrected chi connectivity index (χ1v) is 9.80. The standard InChI is InChI=1S/C22H25FN4O2/c1-12(2)26-18-9-6-15(11-19(18)25(5)22(26)29)10-13(3)27-20-14(4)16(23)7-8-17(20)24-21(27)28/h6-9,11-13H,10H2,1-5H3,(H,24,28). The minimum absolute atomic E-state index is 0.0425. The van der Waals surface area contributed by atoms with E-state index in [4.69, 9.17) is 0 Å². The van der Waals surface area contributed by atoms with Gasteiger partial charge in [0.05, 0.1) is 22.1 Å². The summed E-state index contributed by atoms with van der Waals surface area (Å²) in [4.78, 5) is 27.9. The lowest BCUT2D eigenvalue weighted by molar-refractivity contribution is 0.540. The van der Waals surface area contributed by atoms with E-state index in [1.807, 2.05) is 39.0 Å². The molecule has 0 amide bonds. The molecule has 2 aromatic heterocycles. The number of aromatic amines is 1. The van der Waals surface area contributed by atoms with E-state index in [0.29, 0.717) is 23.0 Å². The third-order valence-corrected chi connectivity index (χ3v) is 5.71. The highest BCUT2D eigenvalue weighted by molar-refractivity contribution is 5.79. The topological polar surface area (TPSA) is 64.7 Å². The number of aromatic nitrogens is 4. The summed E-state index contributed by atoms with van der Waals surface area (Å²) in [6.45, 7) is 7.61. The molecule has 7 heteroatoms. The Labute approximate surface area is 167 Å². The molecule has 6 nitrogen and oxygen atoms in total. The molecule has 0 aliphatic rings. The molecule has 2 aromatic carbocycles. The number of benzene rings is 2. The second-order valence-electron chi connectivity index (χ2n) is 8.05. The molecule has 4 rings (SSSR count). The monoisotopic (exact) mass is 396 g/mol. The summed E-state index contributed by atoms with van der Waals surface area (Å²) < 4.78 is 19.1. The number of H-pyrrole nitrogens is 1. The number of hydrogen-bond acceptors (Lipinski definition) is 2. The molecule has 0 aliphatic heterocycles. The van der Waals surface area contributed by atoms with Crippen LogP contribution in [0.2, 0.25) is 0 Å². The first-order chi connectivity index (χ1) is 13.7. The van der Waals surface area contributed by atoms with E-state index in [2.05, 4.69) is 4.98 Å². The molecule has 1 N–H and O–H groups in total. The lowest BCUT2D eigenvalue weighted by Gasteiger charge is -2.15. The zero-order valence-electron chi connectivity index (χ0n) is 17.3. The van der Waals surface area contributed by atoms with Crippen molar-refractivity contribution in [3.05, 3.63) is 68.2 Å². The summed E-state index contributed by atoms with van der Waals surface area (Å²) in [6.07, 6.45) is 0.583. The first-order valence-electron chi connectivity index (χ1n) is 9.80. The van der Waals surface area contributed by atoms with Gasteiger partial charge >= 0.3 is 11.4 Å². The van der Waals surface area contributed by atoms with Gasteiger partial charge in [-0.2, -0.15) is 0 Å². The van der Waals surface area contributed by atoms with Crippen LogP contribution in [0.25, 0.3) is 22.1 Å². The van der Waals surface area contributed by atoms with Gasteiger partial charge in [-0.1, -0.05) is 6.07 Å². The number of nitrogens with zero attached hydrogens (tertiary/aromatic N) is 3. The maximum atomic E-state index is 14.1. The van der Waals surface area contributed by atoms with Gasteiger partial charge in [0, 0.05) is 24.7 Å². The number of fused-ring (bicyclic) bond motifs is 2. The van der Waals surface area contributed by atoms with Crippen LogP contribution in [0, 0.1) is 12.7 Å². The normalized spacial score (nSPS) is 13.1. The molecule has 1 atom stereocenters. The van der Waals surface area contributed by atoms with Crippen molar-refractivity contribution in [3.8, 4) is 0 Å². The minimum atomic E-state index is -0.330. The maximum absolute atomic E-state index is 14.1. The van der Waals surface area contributed by atoms with E-state index < -0.39 is 0 Å². The van der Waals surface area contributed by atoms with E-state index >= 15 is 0 Å². The Morgan fingerprint density at radius 2 is 1.76 bits per heavy atom. The van der Waals surface area contributed by atoms with Crippen LogP contribution in [0.1, 0.15) is 44.0 Å². The Morgan fingerprint density at radius 1 is 1.03 bits per heavy atom. The van der Waals surface area contributed by atoms with Crippen molar-refractivity contribution in [2.24, 2.45) is 7.05 Å². The molecule has 0 spiro atoms.